The van der Waals surface area contributed by atoms with Gasteiger partial charge >= 0.3 is 0 Å². The topological polar surface area (TPSA) is 95.0 Å². The summed E-state index contributed by atoms with van der Waals surface area (Å²) in [5.74, 6) is 1.86. The van der Waals surface area contributed by atoms with Gasteiger partial charge in [0.25, 0.3) is 5.69 Å². The first kappa shape index (κ1) is 14.6. The quantitative estimate of drug-likeness (QED) is 0.385. The van der Waals surface area contributed by atoms with Crippen molar-refractivity contribution in [3.8, 4) is 0 Å². The van der Waals surface area contributed by atoms with Crippen molar-refractivity contribution in [3.05, 3.63) is 40.0 Å². The van der Waals surface area contributed by atoms with E-state index in [1.807, 2.05) is 6.92 Å². The van der Waals surface area contributed by atoms with Crippen LogP contribution in [0.25, 0.3) is 10.2 Å². The molecule has 0 radical (unpaired) electrons. The van der Waals surface area contributed by atoms with Crippen molar-refractivity contribution >= 4 is 39.0 Å². The van der Waals surface area contributed by atoms with Crippen LogP contribution in [0.5, 0.6) is 0 Å². The average molecular weight is 348 g/mol. The van der Waals surface area contributed by atoms with Crippen LogP contribution in [0.2, 0.25) is 0 Å². The highest BCUT2D eigenvalue weighted by Gasteiger charge is 2.30. The van der Waals surface area contributed by atoms with Gasteiger partial charge in [-0.25, -0.2) is 4.98 Å². The Balaban J connectivity index is 1.54. The van der Waals surface area contributed by atoms with Gasteiger partial charge in [-0.15, -0.1) is 11.3 Å². The molecule has 4 rings (SSSR count). The number of hydrogen-bond donors (Lipinski definition) is 0. The highest BCUT2D eigenvalue weighted by Crippen LogP contribution is 2.41. The van der Waals surface area contributed by atoms with Gasteiger partial charge < -0.3 is 4.52 Å². The molecule has 1 atom stereocenters. The molecule has 9 heteroatoms. The maximum absolute atomic E-state index is 10.8. The molecule has 23 heavy (non-hydrogen) atoms. The normalized spacial score (nSPS) is 15.9. The van der Waals surface area contributed by atoms with E-state index in [0.717, 1.165) is 33.2 Å². The van der Waals surface area contributed by atoms with Gasteiger partial charge in [0.1, 0.15) is 0 Å². The van der Waals surface area contributed by atoms with E-state index in [1.54, 1.807) is 12.1 Å². The Bertz CT molecular complexity index is 887. The molecule has 1 fully saturated rings. The number of nitrogens with zero attached hydrogens (tertiary/aromatic N) is 4. The molecule has 0 saturated heterocycles. The lowest BCUT2D eigenvalue weighted by atomic mass is 10.3. The summed E-state index contributed by atoms with van der Waals surface area (Å²) in [6.45, 7) is 1.99. The zero-order valence-corrected chi connectivity index (χ0v) is 13.8. The second-order valence-electron chi connectivity index (χ2n) is 5.41. The highest BCUT2D eigenvalue weighted by atomic mass is 32.2. The molecular weight excluding hydrogens is 336 g/mol. The number of thiazole rings is 1. The second kappa shape index (κ2) is 5.57. The van der Waals surface area contributed by atoms with Crippen molar-refractivity contribution in [2.75, 3.05) is 0 Å². The van der Waals surface area contributed by atoms with Crippen LogP contribution in [-0.2, 0) is 0 Å². The molecule has 118 valence electrons. The molecule has 0 spiro atoms. The lowest BCUT2D eigenvalue weighted by Gasteiger charge is -2.01. The molecule has 2 heterocycles. The molecule has 1 aliphatic carbocycles. The Morgan fingerprint density at radius 3 is 3.00 bits per heavy atom. The van der Waals surface area contributed by atoms with Crippen LogP contribution in [-0.4, -0.2) is 20.0 Å². The third-order valence-electron chi connectivity index (χ3n) is 3.59. The first-order valence-electron chi connectivity index (χ1n) is 7.15. The van der Waals surface area contributed by atoms with Crippen molar-refractivity contribution < 1.29 is 9.45 Å². The van der Waals surface area contributed by atoms with Crippen LogP contribution >= 0.6 is 23.1 Å². The Morgan fingerprint density at radius 2 is 2.26 bits per heavy atom. The Labute approximate surface area is 139 Å². The predicted molar refractivity (Wildman–Crippen MR) is 86.8 cm³/mol. The third kappa shape index (κ3) is 2.93. The van der Waals surface area contributed by atoms with E-state index in [0.29, 0.717) is 11.8 Å². The second-order valence-corrected chi connectivity index (χ2v) is 8.03. The maximum Gasteiger partial charge on any atom is 0.270 e. The number of fused-ring (bicyclic) bond motifs is 1. The zero-order chi connectivity index (χ0) is 16.0. The van der Waals surface area contributed by atoms with Crippen LogP contribution in [0.15, 0.2) is 27.1 Å². The van der Waals surface area contributed by atoms with E-state index in [9.17, 15) is 10.1 Å². The lowest BCUT2D eigenvalue weighted by molar-refractivity contribution is -0.384. The van der Waals surface area contributed by atoms with Gasteiger partial charge in [-0.05, 0) is 25.8 Å². The number of nitro groups is 1. The maximum atomic E-state index is 10.8. The SMILES string of the molecule is C[C@H](Sc1nc2ccc([N+](=O)[O-])cc2s1)c1nc(C2CC2)no1. The van der Waals surface area contributed by atoms with E-state index in [4.69, 9.17) is 4.52 Å². The minimum atomic E-state index is -0.396. The molecule has 7 nitrogen and oxygen atoms in total. The molecule has 0 amide bonds. The monoisotopic (exact) mass is 348 g/mol. The van der Waals surface area contributed by atoms with Gasteiger partial charge in [-0.3, -0.25) is 10.1 Å². The van der Waals surface area contributed by atoms with Crippen LogP contribution in [0, 0.1) is 10.1 Å². The molecule has 1 aromatic carbocycles. The van der Waals surface area contributed by atoms with E-state index in [1.165, 1.54) is 29.2 Å². The molecule has 1 aliphatic rings. The average Bonchev–Trinajstić information content (AvgIpc) is 3.11. The van der Waals surface area contributed by atoms with Gasteiger partial charge in [0.05, 0.1) is 20.4 Å². The first-order valence-corrected chi connectivity index (χ1v) is 8.85. The van der Waals surface area contributed by atoms with Crippen molar-refractivity contribution in [3.63, 3.8) is 0 Å². The number of nitro benzene ring substituents is 1. The molecule has 0 N–H and O–H groups in total. The van der Waals surface area contributed by atoms with Gasteiger partial charge in [-0.1, -0.05) is 16.9 Å². The van der Waals surface area contributed by atoms with Gasteiger partial charge in [0, 0.05) is 18.1 Å². The molecule has 3 aromatic rings. The minimum Gasteiger partial charge on any atom is -0.338 e. The summed E-state index contributed by atoms with van der Waals surface area (Å²) in [6.07, 6.45) is 2.27. The molecule has 0 unspecified atom stereocenters. The summed E-state index contributed by atoms with van der Waals surface area (Å²) in [5.41, 5.74) is 0.844. The van der Waals surface area contributed by atoms with E-state index in [-0.39, 0.29) is 10.9 Å². The van der Waals surface area contributed by atoms with E-state index in [2.05, 4.69) is 15.1 Å². The van der Waals surface area contributed by atoms with Crippen LogP contribution in [0.3, 0.4) is 0 Å². The number of thioether (sulfide) groups is 1. The Morgan fingerprint density at radius 1 is 1.43 bits per heavy atom. The Hall–Kier alpha value is -2.00. The van der Waals surface area contributed by atoms with Crippen molar-refractivity contribution in [1.82, 2.24) is 15.1 Å². The van der Waals surface area contributed by atoms with E-state index >= 15 is 0 Å². The molecule has 2 aromatic heterocycles. The minimum absolute atomic E-state index is 0.00875. The van der Waals surface area contributed by atoms with Gasteiger partial charge in [-0.2, -0.15) is 4.98 Å². The summed E-state index contributed by atoms with van der Waals surface area (Å²) >= 11 is 2.96. The molecule has 1 saturated carbocycles. The summed E-state index contributed by atoms with van der Waals surface area (Å²) < 4.78 is 6.97. The summed E-state index contributed by atoms with van der Waals surface area (Å²) in [4.78, 5) is 19.4. The van der Waals surface area contributed by atoms with Crippen molar-refractivity contribution in [2.45, 2.75) is 35.3 Å². The molecular formula is C14H12N4O3S2. The van der Waals surface area contributed by atoms with Crippen LogP contribution in [0.4, 0.5) is 5.69 Å². The van der Waals surface area contributed by atoms with Crippen molar-refractivity contribution in [1.29, 1.82) is 0 Å². The molecule has 0 bridgehead atoms. The number of rotatable bonds is 5. The fourth-order valence-corrected chi connectivity index (χ4v) is 4.45. The Kier molecular flexibility index (Phi) is 3.53. The van der Waals surface area contributed by atoms with E-state index < -0.39 is 4.92 Å². The predicted octanol–water partition coefficient (Wildman–Crippen LogP) is 4.32. The standard InChI is InChI=1S/C14H12N4O3S2/c1-7(13-16-12(17-21-13)8-2-3-8)22-14-15-10-5-4-9(18(19)20)6-11(10)23-14/h4-8H,2-3H2,1H3/t7-/m0/s1. The van der Waals surface area contributed by atoms with Crippen LogP contribution in [0.1, 0.15) is 42.6 Å². The van der Waals surface area contributed by atoms with Crippen molar-refractivity contribution in [2.24, 2.45) is 0 Å². The fraction of sp³-hybridized carbons (Fsp3) is 0.357. The zero-order valence-electron chi connectivity index (χ0n) is 12.1. The first-order chi connectivity index (χ1) is 11.1. The van der Waals surface area contributed by atoms with Gasteiger partial charge in [0.15, 0.2) is 10.2 Å². The smallest absolute Gasteiger partial charge is 0.270 e. The fourth-order valence-electron chi connectivity index (χ4n) is 2.18. The summed E-state index contributed by atoms with van der Waals surface area (Å²) in [6, 6.07) is 4.70. The molecule has 0 aliphatic heterocycles. The van der Waals surface area contributed by atoms with Gasteiger partial charge in [0.2, 0.25) is 5.89 Å². The number of benzene rings is 1. The number of hydrogen-bond acceptors (Lipinski definition) is 8. The number of aromatic nitrogens is 3. The summed E-state index contributed by atoms with van der Waals surface area (Å²) in [5, 5.41) is 14.8. The number of non-ortho nitro benzene ring substituents is 1. The van der Waals surface area contributed by atoms with Crippen LogP contribution < -0.4 is 0 Å². The third-order valence-corrected chi connectivity index (χ3v) is 5.79. The largest absolute Gasteiger partial charge is 0.338 e. The lowest BCUT2D eigenvalue weighted by Crippen LogP contribution is -1.89. The summed E-state index contributed by atoms with van der Waals surface area (Å²) in [7, 11) is 0. The highest BCUT2D eigenvalue weighted by molar-refractivity contribution is 8.01.